The lowest BCUT2D eigenvalue weighted by Gasteiger charge is -2.14. The fourth-order valence-corrected chi connectivity index (χ4v) is 1.23. The lowest BCUT2D eigenvalue weighted by Crippen LogP contribution is -2.28. The number of aryl methyl sites for hydroxylation is 1. The first kappa shape index (κ1) is 10.8. The lowest BCUT2D eigenvalue weighted by molar-refractivity contribution is 0.513. The monoisotopic (exact) mass is 198 g/mol. The van der Waals surface area contributed by atoms with Crippen molar-refractivity contribution in [3.8, 4) is 0 Å². The summed E-state index contributed by atoms with van der Waals surface area (Å²) < 4.78 is 26.8. The number of hydrazine groups is 1. The molecule has 4 heteroatoms. The Balaban J connectivity index is 3.30. The average molecular weight is 198 g/mol. The molecule has 14 heavy (non-hydrogen) atoms. The first-order valence-electron chi connectivity index (χ1n) is 4.15. The van der Waals surface area contributed by atoms with Gasteiger partial charge in [-0.15, -0.1) is 6.58 Å². The van der Waals surface area contributed by atoms with Gasteiger partial charge in [-0.1, -0.05) is 12.1 Å². The molecule has 0 aromatic heterocycles. The largest absolute Gasteiger partial charge is 0.271 e. The van der Waals surface area contributed by atoms with Crippen molar-refractivity contribution in [3.63, 3.8) is 0 Å². The molecule has 0 fully saturated rings. The highest BCUT2D eigenvalue weighted by atomic mass is 19.1. The quantitative estimate of drug-likeness (QED) is 0.442. The van der Waals surface area contributed by atoms with Crippen LogP contribution in [0.5, 0.6) is 0 Å². The molecule has 76 valence electrons. The van der Waals surface area contributed by atoms with Gasteiger partial charge < -0.3 is 0 Å². The zero-order valence-electron chi connectivity index (χ0n) is 7.85. The van der Waals surface area contributed by atoms with Crippen molar-refractivity contribution in [1.29, 1.82) is 0 Å². The molecular formula is C10H12F2N2. The third kappa shape index (κ3) is 1.81. The van der Waals surface area contributed by atoms with Crippen LogP contribution in [0.3, 0.4) is 0 Å². The number of rotatable bonds is 3. The van der Waals surface area contributed by atoms with E-state index in [0.717, 1.165) is 0 Å². The summed E-state index contributed by atoms with van der Waals surface area (Å²) in [4.78, 5) is 0. The predicted octanol–water partition coefficient (Wildman–Crippen LogP) is 1.96. The predicted molar refractivity (Wildman–Crippen MR) is 51.4 cm³/mol. The summed E-state index contributed by atoms with van der Waals surface area (Å²) >= 11 is 0. The Morgan fingerprint density at radius 1 is 1.50 bits per heavy atom. The van der Waals surface area contributed by atoms with E-state index in [4.69, 9.17) is 5.84 Å². The summed E-state index contributed by atoms with van der Waals surface area (Å²) in [6.45, 7) is 5.01. The second-order valence-corrected chi connectivity index (χ2v) is 2.97. The van der Waals surface area contributed by atoms with Crippen LogP contribution in [-0.4, -0.2) is 0 Å². The van der Waals surface area contributed by atoms with Gasteiger partial charge in [-0.25, -0.2) is 14.2 Å². The van der Waals surface area contributed by atoms with Crippen molar-refractivity contribution >= 4 is 0 Å². The minimum absolute atomic E-state index is 0.0949. The van der Waals surface area contributed by atoms with E-state index in [9.17, 15) is 8.78 Å². The number of benzene rings is 1. The van der Waals surface area contributed by atoms with Crippen molar-refractivity contribution in [2.45, 2.75) is 13.0 Å². The first-order valence-corrected chi connectivity index (χ1v) is 4.15. The molecule has 0 aliphatic heterocycles. The fourth-order valence-electron chi connectivity index (χ4n) is 1.23. The van der Waals surface area contributed by atoms with E-state index < -0.39 is 17.7 Å². The molecule has 0 spiro atoms. The molecule has 3 N–H and O–H groups in total. The molecule has 0 bridgehead atoms. The Labute approximate surface area is 81.4 Å². The normalized spacial score (nSPS) is 12.6. The number of hydrogen-bond donors (Lipinski definition) is 2. The summed E-state index contributed by atoms with van der Waals surface area (Å²) in [6.07, 6.45) is 1.35. The van der Waals surface area contributed by atoms with Crippen molar-refractivity contribution in [2.24, 2.45) is 5.84 Å². The average Bonchev–Trinajstić information content (AvgIpc) is 2.19. The van der Waals surface area contributed by atoms with E-state index in [-0.39, 0.29) is 5.56 Å². The summed E-state index contributed by atoms with van der Waals surface area (Å²) in [6, 6.07) is 1.88. The SMILES string of the molecule is C=CC(NN)c1c(F)ccc(C)c1F. The molecule has 0 saturated heterocycles. The molecule has 1 aromatic carbocycles. The zero-order valence-corrected chi connectivity index (χ0v) is 7.85. The highest BCUT2D eigenvalue weighted by Gasteiger charge is 2.17. The maximum atomic E-state index is 13.5. The van der Waals surface area contributed by atoms with Gasteiger partial charge in [-0.05, 0) is 18.6 Å². The maximum absolute atomic E-state index is 13.5. The molecule has 0 aliphatic carbocycles. The Morgan fingerprint density at radius 2 is 2.14 bits per heavy atom. The molecule has 1 rings (SSSR count). The van der Waals surface area contributed by atoms with Crippen molar-refractivity contribution in [3.05, 3.63) is 47.5 Å². The van der Waals surface area contributed by atoms with Gasteiger partial charge in [0.2, 0.25) is 0 Å². The van der Waals surface area contributed by atoms with Crippen LogP contribution in [-0.2, 0) is 0 Å². The maximum Gasteiger partial charge on any atom is 0.134 e. The van der Waals surface area contributed by atoms with Crippen molar-refractivity contribution in [2.75, 3.05) is 0 Å². The van der Waals surface area contributed by atoms with Gasteiger partial charge in [0.15, 0.2) is 0 Å². The molecule has 2 nitrogen and oxygen atoms in total. The Kier molecular flexibility index (Phi) is 3.33. The Hall–Kier alpha value is -1.26. The molecule has 0 saturated carbocycles. The van der Waals surface area contributed by atoms with Crippen LogP contribution >= 0.6 is 0 Å². The van der Waals surface area contributed by atoms with E-state index in [1.165, 1.54) is 18.2 Å². The third-order valence-electron chi connectivity index (χ3n) is 2.05. The summed E-state index contributed by atoms with van der Waals surface area (Å²) in [5.41, 5.74) is 2.56. The van der Waals surface area contributed by atoms with Crippen LogP contribution in [0.2, 0.25) is 0 Å². The zero-order chi connectivity index (χ0) is 10.7. The molecular weight excluding hydrogens is 186 g/mol. The van der Waals surface area contributed by atoms with Gasteiger partial charge in [0, 0.05) is 5.56 Å². The van der Waals surface area contributed by atoms with Gasteiger partial charge in [-0.3, -0.25) is 5.84 Å². The van der Waals surface area contributed by atoms with Crippen molar-refractivity contribution in [1.82, 2.24) is 5.43 Å². The summed E-state index contributed by atoms with van der Waals surface area (Å²) in [5, 5.41) is 0. The minimum Gasteiger partial charge on any atom is -0.271 e. The molecule has 0 radical (unpaired) electrons. The molecule has 0 amide bonds. The van der Waals surface area contributed by atoms with Crippen LogP contribution in [0.4, 0.5) is 8.78 Å². The molecule has 1 unspecified atom stereocenters. The van der Waals surface area contributed by atoms with Gasteiger partial charge in [0.05, 0.1) is 6.04 Å². The Morgan fingerprint density at radius 3 is 2.64 bits per heavy atom. The van der Waals surface area contributed by atoms with Crippen molar-refractivity contribution < 1.29 is 8.78 Å². The van der Waals surface area contributed by atoms with Crippen LogP contribution < -0.4 is 11.3 Å². The van der Waals surface area contributed by atoms with Gasteiger partial charge in [0.25, 0.3) is 0 Å². The van der Waals surface area contributed by atoms with E-state index in [2.05, 4.69) is 12.0 Å². The molecule has 0 heterocycles. The minimum atomic E-state index is -0.713. The summed E-state index contributed by atoms with van der Waals surface area (Å²) in [7, 11) is 0. The molecule has 1 atom stereocenters. The number of nitrogens with two attached hydrogens (primary N) is 1. The Bertz CT molecular complexity index is 350. The topological polar surface area (TPSA) is 38.0 Å². The van der Waals surface area contributed by atoms with Gasteiger partial charge in [-0.2, -0.15) is 0 Å². The highest BCUT2D eigenvalue weighted by Crippen LogP contribution is 2.23. The number of nitrogens with one attached hydrogen (secondary N) is 1. The first-order chi connectivity index (χ1) is 6.61. The molecule has 0 aliphatic rings. The second-order valence-electron chi connectivity index (χ2n) is 2.97. The van der Waals surface area contributed by atoms with Crippen LogP contribution in [0.1, 0.15) is 17.2 Å². The number of halogens is 2. The summed E-state index contributed by atoms with van der Waals surface area (Å²) in [5.74, 6) is 3.93. The van der Waals surface area contributed by atoms with E-state index in [1.54, 1.807) is 6.92 Å². The smallest absolute Gasteiger partial charge is 0.134 e. The van der Waals surface area contributed by atoms with E-state index in [1.807, 2.05) is 0 Å². The van der Waals surface area contributed by atoms with Crippen LogP contribution in [0.15, 0.2) is 24.8 Å². The highest BCUT2D eigenvalue weighted by molar-refractivity contribution is 5.31. The van der Waals surface area contributed by atoms with E-state index >= 15 is 0 Å². The van der Waals surface area contributed by atoms with Gasteiger partial charge >= 0.3 is 0 Å². The van der Waals surface area contributed by atoms with Gasteiger partial charge in [0.1, 0.15) is 11.6 Å². The fraction of sp³-hybridized carbons (Fsp3) is 0.200. The van der Waals surface area contributed by atoms with Crippen LogP contribution in [0.25, 0.3) is 0 Å². The second kappa shape index (κ2) is 4.30. The lowest BCUT2D eigenvalue weighted by atomic mass is 10.0. The standard InChI is InChI=1S/C10H12F2N2/c1-3-8(14-13)9-7(11)5-4-6(2)10(9)12/h3-5,8,14H,1,13H2,2H3. The molecule has 1 aromatic rings. The van der Waals surface area contributed by atoms with Crippen LogP contribution in [0, 0.1) is 18.6 Å². The third-order valence-corrected chi connectivity index (χ3v) is 2.05. The van der Waals surface area contributed by atoms with E-state index in [0.29, 0.717) is 5.56 Å². The number of hydrogen-bond acceptors (Lipinski definition) is 2.